The molecule has 3 heterocycles. The molecular weight excluding hydrogens is 252 g/mol. The fourth-order valence-corrected chi connectivity index (χ4v) is 2.88. The number of fused-ring (bicyclic) bond motifs is 1. The van der Waals surface area contributed by atoms with Crippen LogP contribution in [0.1, 0.15) is 13.3 Å². The van der Waals surface area contributed by atoms with Gasteiger partial charge in [-0.2, -0.15) is 0 Å². The lowest BCUT2D eigenvalue weighted by molar-refractivity contribution is -0.148. The molecule has 0 aromatic heterocycles. The zero-order valence-corrected chi connectivity index (χ0v) is 10.7. The first-order chi connectivity index (χ1) is 9.08. The lowest BCUT2D eigenvalue weighted by Gasteiger charge is -2.22. The molecule has 5 atom stereocenters. The second kappa shape index (κ2) is 4.61. The molecule has 0 aromatic carbocycles. The van der Waals surface area contributed by atoms with E-state index in [1.54, 1.807) is 6.92 Å². The predicted molar refractivity (Wildman–Crippen MR) is 62.2 cm³/mol. The summed E-state index contributed by atoms with van der Waals surface area (Å²) in [6.45, 7) is 5.49. The van der Waals surface area contributed by atoms with Crippen LogP contribution < -0.4 is 0 Å². The highest BCUT2D eigenvalue weighted by Crippen LogP contribution is 2.47. The highest BCUT2D eigenvalue weighted by Gasteiger charge is 2.64. The van der Waals surface area contributed by atoms with Gasteiger partial charge >= 0.3 is 11.9 Å². The zero-order chi connectivity index (χ0) is 13.6. The second-order valence-electron chi connectivity index (χ2n) is 5.13. The van der Waals surface area contributed by atoms with Crippen LogP contribution in [0.5, 0.6) is 0 Å². The van der Waals surface area contributed by atoms with Gasteiger partial charge < -0.3 is 18.9 Å². The quantitative estimate of drug-likeness (QED) is 0.403. The number of esters is 2. The summed E-state index contributed by atoms with van der Waals surface area (Å²) in [5, 5.41) is 0. The average Bonchev–Trinajstić information content (AvgIpc) is 2.97. The summed E-state index contributed by atoms with van der Waals surface area (Å²) in [5.41, 5.74) is 0.357. The van der Waals surface area contributed by atoms with Gasteiger partial charge in [-0.15, -0.1) is 0 Å². The van der Waals surface area contributed by atoms with Crippen LogP contribution in [0.3, 0.4) is 0 Å². The molecule has 104 valence electrons. The number of hydrogen-bond acceptors (Lipinski definition) is 6. The molecule has 3 fully saturated rings. The monoisotopic (exact) mass is 268 g/mol. The fraction of sp³-hybridized carbons (Fsp3) is 0.692. The highest BCUT2D eigenvalue weighted by molar-refractivity contribution is 5.86. The summed E-state index contributed by atoms with van der Waals surface area (Å²) < 4.78 is 21.5. The minimum absolute atomic E-state index is 0.0803. The Morgan fingerprint density at radius 3 is 2.95 bits per heavy atom. The van der Waals surface area contributed by atoms with E-state index in [0.29, 0.717) is 12.0 Å². The van der Waals surface area contributed by atoms with Gasteiger partial charge in [-0.3, -0.25) is 4.79 Å². The molecule has 0 aliphatic carbocycles. The van der Waals surface area contributed by atoms with Gasteiger partial charge in [0.1, 0.15) is 18.8 Å². The third-order valence-electron chi connectivity index (χ3n) is 3.76. The predicted octanol–water partition coefficient (Wildman–Crippen LogP) is 0.204. The Bertz CT molecular complexity index is 431. The van der Waals surface area contributed by atoms with Crippen molar-refractivity contribution in [3.63, 3.8) is 0 Å². The van der Waals surface area contributed by atoms with Crippen LogP contribution in [0.4, 0.5) is 0 Å². The Morgan fingerprint density at radius 1 is 1.42 bits per heavy atom. The van der Waals surface area contributed by atoms with E-state index >= 15 is 0 Å². The Balaban J connectivity index is 1.46. The van der Waals surface area contributed by atoms with Crippen molar-refractivity contribution < 1.29 is 28.5 Å². The van der Waals surface area contributed by atoms with E-state index in [-0.39, 0.29) is 49.5 Å². The molecule has 5 unspecified atom stereocenters. The molecule has 2 bridgehead atoms. The van der Waals surface area contributed by atoms with Crippen LogP contribution in [0.15, 0.2) is 12.2 Å². The van der Waals surface area contributed by atoms with Crippen LogP contribution in [-0.4, -0.2) is 49.6 Å². The van der Waals surface area contributed by atoms with E-state index in [0.717, 1.165) is 0 Å². The van der Waals surface area contributed by atoms with Crippen LogP contribution in [0.2, 0.25) is 0 Å². The van der Waals surface area contributed by atoms with Crippen molar-refractivity contribution in [3.05, 3.63) is 12.2 Å². The molecule has 6 heteroatoms. The number of hydrogen-bond donors (Lipinski definition) is 0. The van der Waals surface area contributed by atoms with E-state index in [1.165, 1.54) is 0 Å². The van der Waals surface area contributed by atoms with Gasteiger partial charge in [0.25, 0.3) is 0 Å². The van der Waals surface area contributed by atoms with Gasteiger partial charge in [0.05, 0.1) is 18.6 Å². The fourth-order valence-electron chi connectivity index (χ4n) is 2.88. The van der Waals surface area contributed by atoms with Crippen molar-refractivity contribution in [3.8, 4) is 0 Å². The molecule has 3 aliphatic heterocycles. The maximum atomic E-state index is 11.5. The molecule has 0 amide bonds. The van der Waals surface area contributed by atoms with Crippen LogP contribution in [0.25, 0.3) is 0 Å². The van der Waals surface area contributed by atoms with E-state index in [1.807, 2.05) is 0 Å². The van der Waals surface area contributed by atoms with Crippen molar-refractivity contribution in [2.75, 3.05) is 13.2 Å². The Labute approximate surface area is 110 Å². The summed E-state index contributed by atoms with van der Waals surface area (Å²) in [6.07, 6.45) is -0.107. The van der Waals surface area contributed by atoms with E-state index in [9.17, 15) is 9.59 Å². The number of carbonyl (C=O) groups is 2. The molecule has 0 saturated carbocycles. The molecule has 6 nitrogen and oxygen atoms in total. The van der Waals surface area contributed by atoms with Crippen molar-refractivity contribution in [1.82, 2.24) is 0 Å². The highest BCUT2D eigenvalue weighted by atomic mass is 16.6. The van der Waals surface area contributed by atoms with Gasteiger partial charge in [0.15, 0.2) is 6.10 Å². The Morgan fingerprint density at radius 2 is 2.21 bits per heavy atom. The molecule has 3 saturated heterocycles. The summed E-state index contributed by atoms with van der Waals surface area (Å²) >= 11 is 0. The summed E-state index contributed by atoms with van der Waals surface area (Å²) in [4.78, 5) is 22.7. The normalized spacial score (nSPS) is 38.4. The number of ether oxygens (including phenoxy) is 4. The van der Waals surface area contributed by atoms with E-state index < -0.39 is 5.97 Å². The molecule has 0 aromatic rings. The van der Waals surface area contributed by atoms with Gasteiger partial charge in [0, 0.05) is 5.57 Å². The maximum Gasteiger partial charge on any atom is 0.333 e. The molecular formula is C13H16O6. The van der Waals surface area contributed by atoms with E-state index in [4.69, 9.17) is 18.9 Å². The molecule has 3 rings (SSSR count). The lowest BCUT2D eigenvalue weighted by Crippen LogP contribution is -2.39. The largest absolute Gasteiger partial charge is 0.460 e. The van der Waals surface area contributed by atoms with Crippen LogP contribution >= 0.6 is 0 Å². The molecule has 0 N–H and O–H groups in total. The number of carbonyl (C=O) groups excluding carboxylic acids is 2. The van der Waals surface area contributed by atoms with Gasteiger partial charge in [-0.25, -0.2) is 4.79 Å². The van der Waals surface area contributed by atoms with Crippen molar-refractivity contribution in [1.29, 1.82) is 0 Å². The van der Waals surface area contributed by atoms with E-state index in [2.05, 4.69) is 6.58 Å². The van der Waals surface area contributed by atoms with Gasteiger partial charge in [-0.1, -0.05) is 6.58 Å². The van der Waals surface area contributed by atoms with Crippen LogP contribution in [0, 0.1) is 5.92 Å². The summed E-state index contributed by atoms with van der Waals surface area (Å²) in [7, 11) is 0. The molecule has 0 spiro atoms. The van der Waals surface area contributed by atoms with Crippen LogP contribution in [-0.2, 0) is 28.5 Å². The molecule has 19 heavy (non-hydrogen) atoms. The minimum Gasteiger partial charge on any atom is -0.460 e. The Hall–Kier alpha value is -1.40. The molecule has 3 aliphatic rings. The maximum absolute atomic E-state index is 11.5. The summed E-state index contributed by atoms with van der Waals surface area (Å²) in [5.74, 6) is -0.728. The topological polar surface area (TPSA) is 71.1 Å². The van der Waals surface area contributed by atoms with Gasteiger partial charge in [-0.05, 0) is 13.3 Å². The average molecular weight is 268 g/mol. The minimum atomic E-state index is -0.430. The first kappa shape index (κ1) is 12.6. The zero-order valence-electron chi connectivity index (χ0n) is 10.7. The first-order valence-electron chi connectivity index (χ1n) is 6.38. The summed E-state index contributed by atoms with van der Waals surface area (Å²) in [6, 6.07) is 0. The lowest BCUT2D eigenvalue weighted by atomic mass is 9.88. The van der Waals surface area contributed by atoms with Crippen molar-refractivity contribution in [2.45, 2.75) is 37.8 Å². The smallest absolute Gasteiger partial charge is 0.333 e. The second-order valence-corrected chi connectivity index (χ2v) is 5.13. The third-order valence-corrected chi connectivity index (χ3v) is 3.76. The number of rotatable bonds is 5. The van der Waals surface area contributed by atoms with Gasteiger partial charge in [0.2, 0.25) is 0 Å². The first-order valence-corrected chi connectivity index (χ1v) is 6.38. The SMILES string of the molecule is C=C(C)C(=O)OCCOC1C2CC3C(=O)OC1C3O2. The third kappa shape index (κ3) is 2.04. The van der Waals surface area contributed by atoms with Crippen molar-refractivity contribution in [2.24, 2.45) is 5.92 Å². The standard InChI is InChI=1S/C13H16O6/c1-6(2)12(14)17-4-3-16-10-8-5-7-9(18-8)11(10)19-13(7)15/h7-11H,1,3-5H2,2H3. The Kier molecular flexibility index (Phi) is 3.06. The van der Waals surface area contributed by atoms with Crippen molar-refractivity contribution >= 4 is 11.9 Å². The molecule has 0 radical (unpaired) electrons.